The number of phenolic OH excluding ortho intramolecular Hbond substituents is 1. The highest BCUT2D eigenvalue weighted by atomic mass is 35.5. The second kappa shape index (κ2) is 9.11. The maximum atomic E-state index is 11.9. The summed E-state index contributed by atoms with van der Waals surface area (Å²) >= 11 is 5.92. The van der Waals surface area contributed by atoms with Gasteiger partial charge in [-0.25, -0.2) is 4.79 Å². The second-order valence-corrected chi connectivity index (χ2v) is 4.67. The molecule has 7 nitrogen and oxygen atoms in total. The molecule has 0 radical (unpaired) electrons. The van der Waals surface area contributed by atoms with Crippen molar-refractivity contribution >= 4 is 23.5 Å². The number of hydrogen-bond donors (Lipinski definition) is 3. The van der Waals surface area contributed by atoms with Crippen LogP contribution in [0.5, 0.6) is 11.5 Å². The first-order valence-corrected chi connectivity index (χ1v) is 7.10. The highest BCUT2D eigenvalue weighted by Crippen LogP contribution is 2.31. The lowest BCUT2D eigenvalue weighted by Crippen LogP contribution is -2.40. The number of nitrogens with one attached hydrogen (secondary N) is 2. The average molecular weight is 331 g/mol. The van der Waals surface area contributed by atoms with E-state index in [9.17, 15) is 14.7 Å². The van der Waals surface area contributed by atoms with Crippen molar-refractivity contribution < 1.29 is 24.2 Å². The highest BCUT2D eigenvalue weighted by molar-refractivity contribution is 6.34. The van der Waals surface area contributed by atoms with Gasteiger partial charge in [0.15, 0.2) is 11.5 Å². The molecule has 0 aromatic heterocycles. The molecule has 0 fully saturated rings. The van der Waals surface area contributed by atoms with Crippen LogP contribution in [0.25, 0.3) is 0 Å². The van der Waals surface area contributed by atoms with Crippen molar-refractivity contribution in [3.63, 3.8) is 0 Å². The van der Waals surface area contributed by atoms with Crippen LogP contribution < -0.4 is 15.4 Å². The highest BCUT2D eigenvalue weighted by Gasteiger charge is 2.16. The smallest absolute Gasteiger partial charge is 0.321 e. The number of carbonyl (C=O) groups excluding carboxylic acids is 2. The molecule has 8 heteroatoms. The molecule has 0 bridgehead atoms. The number of urea groups is 1. The fourth-order valence-electron chi connectivity index (χ4n) is 1.62. The molecule has 1 aromatic rings. The van der Waals surface area contributed by atoms with E-state index in [4.69, 9.17) is 21.1 Å². The molecule has 0 heterocycles. The molecular formula is C14H19ClN2O5. The Kier molecular flexibility index (Phi) is 7.48. The van der Waals surface area contributed by atoms with Crippen LogP contribution >= 0.6 is 11.6 Å². The average Bonchev–Trinajstić information content (AvgIpc) is 2.48. The maximum absolute atomic E-state index is 11.9. The molecule has 3 N–H and O–H groups in total. The first-order chi connectivity index (χ1) is 10.5. The molecular weight excluding hydrogens is 312 g/mol. The van der Waals surface area contributed by atoms with Gasteiger partial charge in [0.05, 0.1) is 17.7 Å². The summed E-state index contributed by atoms with van der Waals surface area (Å²) < 4.78 is 9.99. The number of imide groups is 1. The minimum atomic E-state index is -0.717. The van der Waals surface area contributed by atoms with Gasteiger partial charge in [-0.15, -0.1) is 0 Å². The van der Waals surface area contributed by atoms with E-state index in [1.165, 1.54) is 13.2 Å². The third-order valence-corrected chi connectivity index (χ3v) is 3.01. The quantitative estimate of drug-likeness (QED) is 0.664. The number of rotatable bonds is 7. The van der Waals surface area contributed by atoms with Crippen molar-refractivity contribution in [3.8, 4) is 11.5 Å². The number of methoxy groups -OCH3 is 1. The molecule has 0 unspecified atom stereocenters. The van der Waals surface area contributed by atoms with Crippen LogP contribution in [0.15, 0.2) is 12.1 Å². The summed E-state index contributed by atoms with van der Waals surface area (Å²) in [6.45, 7) is 3.40. The number of carbonyl (C=O) groups is 2. The molecule has 22 heavy (non-hydrogen) atoms. The summed E-state index contributed by atoms with van der Waals surface area (Å²) in [6.07, 6.45) is 0.638. The molecule has 0 spiro atoms. The van der Waals surface area contributed by atoms with Gasteiger partial charge in [-0.3, -0.25) is 10.1 Å². The van der Waals surface area contributed by atoms with Gasteiger partial charge in [-0.1, -0.05) is 11.6 Å². The van der Waals surface area contributed by atoms with Crippen molar-refractivity contribution in [1.82, 2.24) is 10.6 Å². The molecule has 3 amide bonds. The van der Waals surface area contributed by atoms with Crippen LogP contribution in [0.4, 0.5) is 4.79 Å². The number of ether oxygens (including phenoxy) is 2. The largest absolute Gasteiger partial charge is 0.504 e. The predicted octanol–water partition coefficient (Wildman–Crippen LogP) is 1.92. The topological polar surface area (TPSA) is 96.9 Å². The number of benzene rings is 1. The summed E-state index contributed by atoms with van der Waals surface area (Å²) in [5.74, 6) is -0.818. The third kappa shape index (κ3) is 5.42. The summed E-state index contributed by atoms with van der Waals surface area (Å²) in [5.41, 5.74) is -0.0237. The fourth-order valence-corrected chi connectivity index (χ4v) is 1.86. The number of hydrogen-bond acceptors (Lipinski definition) is 5. The van der Waals surface area contributed by atoms with Crippen LogP contribution in [-0.2, 0) is 4.74 Å². The van der Waals surface area contributed by atoms with Gasteiger partial charge in [0.25, 0.3) is 5.91 Å². The Bertz CT molecular complexity index is 536. The van der Waals surface area contributed by atoms with Crippen molar-refractivity contribution in [2.24, 2.45) is 0 Å². The van der Waals surface area contributed by atoms with Crippen LogP contribution in [0.3, 0.4) is 0 Å². The SMILES string of the molecule is CCOCCCNC(=O)NC(=O)c1cc(O)c(OC)cc1Cl. The molecule has 122 valence electrons. The van der Waals surface area contributed by atoms with Crippen LogP contribution in [0, 0.1) is 0 Å². The number of phenols is 1. The summed E-state index contributed by atoms with van der Waals surface area (Å²) in [5, 5.41) is 14.4. The van der Waals surface area contributed by atoms with Gasteiger partial charge in [-0.05, 0) is 19.4 Å². The number of amides is 3. The minimum Gasteiger partial charge on any atom is -0.504 e. The lowest BCUT2D eigenvalue weighted by Gasteiger charge is -2.10. The van der Waals surface area contributed by atoms with E-state index in [-0.39, 0.29) is 22.1 Å². The Hall–Kier alpha value is -1.99. The van der Waals surface area contributed by atoms with E-state index < -0.39 is 11.9 Å². The summed E-state index contributed by atoms with van der Waals surface area (Å²) in [4.78, 5) is 23.5. The van der Waals surface area contributed by atoms with Gasteiger partial charge in [-0.2, -0.15) is 0 Å². The molecule has 0 saturated heterocycles. The Morgan fingerprint density at radius 1 is 1.36 bits per heavy atom. The normalized spacial score (nSPS) is 10.1. The molecule has 0 aliphatic carbocycles. The second-order valence-electron chi connectivity index (χ2n) is 4.26. The molecule has 0 atom stereocenters. The van der Waals surface area contributed by atoms with Crippen LogP contribution in [-0.4, -0.2) is 43.9 Å². The van der Waals surface area contributed by atoms with Gasteiger partial charge >= 0.3 is 6.03 Å². The van der Waals surface area contributed by atoms with Crippen LogP contribution in [0.2, 0.25) is 5.02 Å². The van der Waals surface area contributed by atoms with Crippen molar-refractivity contribution in [2.45, 2.75) is 13.3 Å². The third-order valence-electron chi connectivity index (χ3n) is 2.70. The van der Waals surface area contributed by atoms with Gasteiger partial charge < -0.3 is 19.9 Å². The Labute approximate surface area is 133 Å². The van der Waals surface area contributed by atoms with E-state index in [0.717, 1.165) is 6.07 Å². The molecule has 1 aromatic carbocycles. The lowest BCUT2D eigenvalue weighted by atomic mass is 10.2. The molecule has 0 aliphatic rings. The van der Waals surface area contributed by atoms with Crippen molar-refractivity contribution in [1.29, 1.82) is 0 Å². The minimum absolute atomic E-state index is 0.0237. The fraction of sp³-hybridized carbons (Fsp3) is 0.429. The van der Waals surface area contributed by atoms with Crippen LogP contribution in [0.1, 0.15) is 23.7 Å². The zero-order valence-corrected chi connectivity index (χ0v) is 13.2. The number of halogens is 1. The lowest BCUT2D eigenvalue weighted by molar-refractivity contribution is 0.0963. The first-order valence-electron chi connectivity index (χ1n) is 6.73. The van der Waals surface area contributed by atoms with Gasteiger partial charge in [0, 0.05) is 25.8 Å². The monoisotopic (exact) mass is 330 g/mol. The van der Waals surface area contributed by atoms with E-state index in [2.05, 4.69) is 10.6 Å². The van der Waals surface area contributed by atoms with E-state index in [1.54, 1.807) is 0 Å². The van der Waals surface area contributed by atoms with Gasteiger partial charge in [0.1, 0.15) is 0 Å². The number of aromatic hydroxyl groups is 1. The maximum Gasteiger partial charge on any atom is 0.321 e. The Morgan fingerprint density at radius 3 is 2.73 bits per heavy atom. The van der Waals surface area contributed by atoms with Crippen molar-refractivity contribution in [3.05, 3.63) is 22.7 Å². The van der Waals surface area contributed by atoms with Gasteiger partial charge in [0.2, 0.25) is 0 Å². The first kappa shape index (κ1) is 18.1. The zero-order valence-electron chi connectivity index (χ0n) is 12.4. The molecule has 0 aliphatic heterocycles. The summed E-state index contributed by atoms with van der Waals surface area (Å²) in [7, 11) is 1.36. The van der Waals surface area contributed by atoms with Crippen molar-refractivity contribution in [2.75, 3.05) is 26.9 Å². The Morgan fingerprint density at radius 2 is 2.09 bits per heavy atom. The predicted molar refractivity (Wildman–Crippen MR) is 81.6 cm³/mol. The summed E-state index contributed by atoms with van der Waals surface area (Å²) in [6, 6.07) is 1.79. The van der Waals surface area contributed by atoms with E-state index in [1.807, 2.05) is 6.92 Å². The standard InChI is InChI=1S/C14H19ClN2O5/c1-3-22-6-4-5-16-14(20)17-13(19)9-7-11(18)12(21-2)8-10(9)15/h7-8,18H,3-6H2,1-2H3,(H2,16,17,19,20). The molecule has 1 rings (SSSR count). The van der Waals surface area contributed by atoms with E-state index in [0.29, 0.717) is 26.2 Å². The Balaban J connectivity index is 2.54. The van der Waals surface area contributed by atoms with E-state index >= 15 is 0 Å². The zero-order chi connectivity index (χ0) is 16.5. The molecule has 0 saturated carbocycles.